The molecular formula is C12H15NO3. The lowest BCUT2D eigenvalue weighted by Gasteiger charge is -2.07. The Morgan fingerprint density at radius 2 is 1.94 bits per heavy atom. The largest absolute Gasteiger partial charge is 0.393 e. The molecule has 0 saturated heterocycles. The minimum atomic E-state index is -0.691. The summed E-state index contributed by atoms with van der Waals surface area (Å²) in [6.07, 6.45) is -0.245. The van der Waals surface area contributed by atoms with E-state index in [0.29, 0.717) is 12.0 Å². The molecule has 0 aliphatic rings. The molecule has 0 heterocycles. The molecule has 0 unspecified atom stereocenters. The Bertz CT molecular complexity index is 362. The number of hydrogen-bond donors (Lipinski definition) is 2. The van der Waals surface area contributed by atoms with Crippen LogP contribution in [-0.4, -0.2) is 23.0 Å². The number of imide groups is 1. The zero-order valence-electron chi connectivity index (χ0n) is 9.14. The van der Waals surface area contributed by atoms with Crippen molar-refractivity contribution in [3.05, 3.63) is 35.9 Å². The number of nitrogens with one attached hydrogen (secondary N) is 1. The first-order chi connectivity index (χ1) is 7.63. The summed E-state index contributed by atoms with van der Waals surface area (Å²) in [4.78, 5) is 22.8. The van der Waals surface area contributed by atoms with Crippen LogP contribution in [0.5, 0.6) is 0 Å². The molecule has 4 nitrogen and oxygen atoms in total. The van der Waals surface area contributed by atoms with Gasteiger partial charge in [-0.05, 0) is 18.6 Å². The maximum Gasteiger partial charge on any atom is 0.257 e. The molecular weight excluding hydrogens is 206 g/mol. The van der Waals surface area contributed by atoms with E-state index in [1.165, 1.54) is 0 Å². The molecule has 0 spiro atoms. The van der Waals surface area contributed by atoms with Gasteiger partial charge in [-0.25, -0.2) is 0 Å². The number of carbonyl (C=O) groups excluding carboxylic acids is 2. The summed E-state index contributed by atoms with van der Waals surface area (Å²) in [5.41, 5.74) is 0.432. The number of hydrogen-bond acceptors (Lipinski definition) is 3. The Morgan fingerprint density at radius 3 is 2.50 bits per heavy atom. The highest BCUT2D eigenvalue weighted by Crippen LogP contribution is 2.00. The summed E-state index contributed by atoms with van der Waals surface area (Å²) in [7, 11) is 0. The van der Waals surface area contributed by atoms with Crippen molar-refractivity contribution in [3.8, 4) is 0 Å². The molecule has 86 valence electrons. The third-order valence-electron chi connectivity index (χ3n) is 2.18. The normalized spacial score (nSPS) is 11.9. The van der Waals surface area contributed by atoms with E-state index in [9.17, 15) is 14.7 Å². The molecule has 1 aromatic carbocycles. The van der Waals surface area contributed by atoms with Crippen molar-refractivity contribution >= 4 is 11.8 Å². The second-order valence-corrected chi connectivity index (χ2v) is 3.51. The average Bonchev–Trinajstić information content (AvgIpc) is 2.29. The molecule has 1 atom stereocenters. The van der Waals surface area contributed by atoms with Crippen LogP contribution in [0.2, 0.25) is 0 Å². The highest BCUT2D eigenvalue weighted by molar-refractivity contribution is 6.04. The summed E-state index contributed by atoms with van der Waals surface area (Å²) >= 11 is 0. The lowest BCUT2D eigenvalue weighted by Crippen LogP contribution is -2.32. The van der Waals surface area contributed by atoms with Crippen molar-refractivity contribution in [3.63, 3.8) is 0 Å². The van der Waals surface area contributed by atoms with Crippen molar-refractivity contribution in [1.29, 1.82) is 0 Å². The molecule has 0 aliphatic heterocycles. The third-order valence-corrected chi connectivity index (χ3v) is 2.18. The maximum absolute atomic E-state index is 11.5. The van der Waals surface area contributed by atoms with Crippen LogP contribution in [0.3, 0.4) is 0 Å². The highest BCUT2D eigenvalue weighted by Gasteiger charge is 2.12. The monoisotopic (exact) mass is 221 g/mol. The molecule has 1 aromatic rings. The van der Waals surface area contributed by atoms with Gasteiger partial charge in [-0.1, -0.05) is 25.1 Å². The summed E-state index contributed by atoms with van der Waals surface area (Å²) < 4.78 is 0. The van der Waals surface area contributed by atoms with Gasteiger partial charge < -0.3 is 5.11 Å². The molecule has 0 aromatic heterocycles. The van der Waals surface area contributed by atoms with Crippen LogP contribution >= 0.6 is 0 Å². The molecule has 0 bridgehead atoms. The minimum Gasteiger partial charge on any atom is -0.393 e. The fraction of sp³-hybridized carbons (Fsp3) is 0.333. The molecule has 2 amide bonds. The van der Waals surface area contributed by atoms with Gasteiger partial charge in [0.15, 0.2) is 0 Å². The van der Waals surface area contributed by atoms with Crippen LogP contribution < -0.4 is 5.32 Å². The van der Waals surface area contributed by atoms with Crippen molar-refractivity contribution in [1.82, 2.24) is 5.32 Å². The second-order valence-electron chi connectivity index (χ2n) is 3.51. The molecule has 0 aliphatic carbocycles. The first-order valence-electron chi connectivity index (χ1n) is 5.20. The summed E-state index contributed by atoms with van der Waals surface area (Å²) in [6, 6.07) is 8.48. The summed E-state index contributed by atoms with van der Waals surface area (Å²) in [5, 5.41) is 11.5. The molecule has 4 heteroatoms. The van der Waals surface area contributed by atoms with Crippen LogP contribution in [0.15, 0.2) is 30.3 Å². The Kier molecular flexibility index (Phi) is 4.66. The Hall–Kier alpha value is -1.68. The van der Waals surface area contributed by atoms with Crippen LogP contribution in [0, 0.1) is 0 Å². The number of carbonyl (C=O) groups is 2. The molecule has 0 saturated carbocycles. The number of amides is 2. The summed E-state index contributed by atoms with van der Waals surface area (Å²) in [6.45, 7) is 1.77. The number of rotatable bonds is 4. The standard InChI is InChI=1S/C12H15NO3/c1-2-10(14)8-11(15)13-12(16)9-6-4-3-5-7-9/h3-7,10,14H,2,8H2,1H3,(H,13,15,16)/t10-/m0/s1. The number of benzene rings is 1. The van der Waals surface area contributed by atoms with Crippen molar-refractivity contribution < 1.29 is 14.7 Å². The summed E-state index contributed by atoms with van der Waals surface area (Å²) in [5.74, 6) is -0.892. The van der Waals surface area contributed by atoms with Crippen LogP contribution in [-0.2, 0) is 4.79 Å². The lowest BCUT2D eigenvalue weighted by atomic mass is 10.2. The van der Waals surface area contributed by atoms with Gasteiger partial charge in [-0.3, -0.25) is 14.9 Å². The minimum absolute atomic E-state index is 0.0466. The predicted octanol–water partition coefficient (Wildman–Crippen LogP) is 1.10. The van der Waals surface area contributed by atoms with Gasteiger partial charge in [0.1, 0.15) is 0 Å². The van der Waals surface area contributed by atoms with Gasteiger partial charge >= 0.3 is 0 Å². The van der Waals surface area contributed by atoms with Crippen LogP contribution in [0.25, 0.3) is 0 Å². The van der Waals surface area contributed by atoms with Crippen molar-refractivity contribution in [2.75, 3.05) is 0 Å². The van der Waals surface area contributed by atoms with E-state index in [0.717, 1.165) is 0 Å². The zero-order valence-corrected chi connectivity index (χ0v) is 9.14. The van der Waals surface area contributed by atoms with Gasteiger partial charge in [0.2, 0.25) is 5.91 Å². The van der Waals surface area contributed by atoms with E-state index in [4.69, 9.17) is 0 Å². The second kappa shape index (κ2) is 6.02. The Labute approximate surface area is 94.3 Å². The van der Waals surface area contributed by atoms with Gasteiger partial charge in [0.05, 0.1) is 12.5 Å². The maximum atomic E-state index is 11.5. The smallest absolute Gasteiger partial charge is 0.257 e. The molecule has 2 N–H and O–H groups in total. The quantitative estimate of drug-likeness (QED) is 0.800. The fourth-order valence-corrected chi connectivity index (χ4v) is 1.20. The van der Waals surface area contributed by atoms with Gasteiger partial charge in [0.25, 0.3) is 5.91 Å². The van der Waals surface area contributed by atoms with E-state index >= 15 is 0 Å². The van der Waals surface area contributed by atoms with Gasteiger partial charge in [-0.15, -0.1) is 0 Å². The highest BCUT2D eigenvalue weighted by atomic mass is 16.3. The lowest BCUT2D eigenvalue weighted by molar-refractivity contribution is -0.122. The first-order valence-corrected chi connectivity index (χ1v) is 5.20. The van der Waals surface area contributed by atoms with E-state index in [1.54, 1.807) is 37.3 Å². The van der Waals surface area contributed by atoms with Crippen LogP contribution in [0.1, 0.15) is 30.1 Å². The first kappa shape index (κ1) is 12.4. The molecule has 1 rings (SSSR count). The molecule has 0 radical (unpaired) electrons. The van der Waals surface area contributed by atoms with Crippen LogP contribution in [0.4, 0.5) is 0 Å². The fourth-order valence-electron chi connectivity index (χ4n) is 1.20. The molecule has 0 fully saturated rings. The van der Waals surface area contributed by atoms with E-state index in [1.807, 2.05) is 0 Å². The van der Waals surface area contributed by atoms with E-state index < -0.39 is 17.9 Å². The number of aliphatic hydroxyl groups excluding tert-OH is 1. The SMILES string of the molecule is CC[C@H](O)CC(=O)NC(=O)c1ccccc1. The average molecular weight is 221 g/mol. The van der Waals surface area contributed by atoms with E-state index in [2.05, 4.69) is 5.32 Å². The third kappa shape index (κ3) is 3.82. The predicted molar refractivity (Wildman–Crippen MR) is 59.8 cm³/mol. The Balaban J connectivity index is 2.49. The Morgan fingerprint density at radius 1 is 1.31 bits per heavy atom. The number of aliphatic hydroxyl groups is 1. The molecule has 16 heavy (non-hydrogen) atoms. The zero-order chi connectivity index (χ0) is 12.0. The van der Waals surface area contributed by atoms with Gasteiger partial charge in [-0.2, -0.15) is 0 Å². The van der Waals surface area contributed by atoms with Crippen molar-refractivity contribution in [2.24, 2.45) is 0 Å². The van der Waals surface area contributed by atoms with Crippen molar-refractivity contribution in [2.45, 2.75) is 25.9 Å². The van der Waals surface area contributed by atoms with Gasteiger partial charge in [0, 0.05) is 5.56 Å². The topological polar surface area (TPSA) is 66.4 Å². The van der Waals surface area contributed by atoms with E-state index in [-0.39, 0.29) is 6.42 Å².